The number of anilines is 2. The third kappa shape index (κ3) is 5.46. The highest BCUT2D eigenvalue weighted by Gasteiger charge is 2.22. The molecule has 2 N–H and O–H groups in total. The zero-order valence-electron chi connectivity index (χ0n) is 18.7. The van der Waals surface area contributed by atoms with Crippen molar-refractivity contribution < 1.29 is 5.11 Å². The molecule has 0 fully saturated rings. The van der Waals surface area contributed by atoms with Crippen molar-refractivity contribution in [3.8, 4) is 0 Å². The van der Waals surface area contributed by atoms with Crippen molar-refractivity contribution in [3.63, 3.8) is 0 Å². The third-order valence-electron chi connectivity index (χ3n) is 5.42. The molecule has 0 aliphatic carbocycles. The molecule has 29 heavy (non-hydrogen) atoms. The van der Waals surface area contributed by atoms with E-state index in [1.54, 1.807) is 0 Å². The molecule has 0 unspecified atom stereocenters. The minimum atomic E-state index is -0.807. The van der Waals surface area contributed by atoms with Crippen LogP contribution in [0.3, 0.4) is 0 Å². The first-order valence-corrected chi connectivity index (χ1v) is 10.5. The summed E-state index contributed by atoms with van der Waals surface area (Å²) in [5, 5.41) is 13.7. The summed E-state index contributed by atoms with van der Waals surface area (Å²) in [6.07, 6.45) is 0.948. The van der Waals surface area contributed by atoms with Gasteiger partial charge in [-0.3, -0.25) is 0 Å². The van der Waals surface area contributed by atoms with Gasteiger partial charge in [-0.05, 0) is 57.0 Å². The minimum Gasteiger partial charge on any atom is -0.386 e. The Kier molecular flexibility index (Phi) is 6.44. The number of fused-ring (bicyclic) bond motifs is 1. The van der Waals surface area contributed by atoms with Crippen molar-refractivity contribution in [2.45, 2.75) is 52.2 Å². The summed E-state index contributed by atoms with van der Waals surface area (Å²) in [4.78, 5) is 14.0. The Morgan fingerprint density at radius 1 is 1.17 bits per heavy atom. The van der Waals surface area contributed by atoms with E-state index >= 15 is 0 Å². The molecule has 0 radical (unpaired) electrons. The van der Waals surface area contributed by atoms with Crippen LogP contribution in [0, 0.1) is 0 Å². The van der Waals surface area contributed by atoms with Crippen molar-refractivity contribution >= 4 is 11.8 Å². The Hall–Kier alpha value is -2.18. The summed E-state index contributed by atoms with van der Waals surface area (Å²) >= 11 is 0. The fraction of sp³-hybridized carbons (Fsp3) is 0.565. The molecule has 1 aliphatic heterocycles. The van der Waals surface area contributed by atoms with Gasteiger partial charge in [0.2, 0.25) is 5.95 Å². The normalized spacial score (nSPS) is 14.4. The molecule has 1 aromatic heterocycles. The SMILES string of the molecule is CC(C)c1cc(N2CCc3cc(C(C)(C)O)ccc3C2)nc(NCCN(C)C)n1. The van der Waals surface area contributed by atoms with E-state index in [0.717, 1.165) is 49.7 Å². The number of nitrogens with one attached hydrogen (secondary N) is 1. The van der Waals surface area contributed by atoms with Crippen LogP contribution in [0.25, 0.3) is 0 Å². The Labute approximate surface area is 175 Å². The zero-order chi connectivity index (χ0) is 21.2. The summed E-state index contributed by atoms with van der Waals surface area (Å²) in [6, 6.07) is 8.46. The minimum absolute atomic E-state index is 0.345. The van der Waals surface area contributed by atoms with Gasteiger partial charge in [-0.25, -0.2) is 4.98 Å². The smallest absolute Gasteiger partial charge is 0.224 e. The fourth-order valence-electron chi connectivity index (χ4n) is 3.51. The highest BCUT2D eigenvalue weighted by molar-refractivity contribution is 5.49. The quantitative estimate of drug-likeness (QED) is 0.747. The maximum atomic E-state index is 10.3. The molecule has 0 bridgehead atoms. The molecule has 0 amide bonds. The number of aliphatic hydroxyl groups is 1. The molecule has 0 atom stereocenters. The van der Waals surface area contributed by atoms with Crippen LogP contribution in [-0.4, -0.2) is 53.7 Å². The van der Waals surface area contributed by atoms with E-state index < -0.39 is 5.60 Å². The first kappa shape index (κ1) is 21.5. The van der Waals surface area contributed by atoms with Gasteiger partial charge in [0, 0.05) is 32.2 Å². The van der Waals surface area contributed by atoms with Crippen LogP contribution in [0.15, 0.2) is 24.3 Å². The highest BCUT2D eigenvalue weighted by Crippen LogP contribution is 2.29. The standard InChI is InChI=1S/C23H35N5O/c1-16(2)20-14-21(26-22(25-20)24-10-12-27(5)6)28-11-9-17-13-19(23(3,4)29)8-7-18(17)15-28/h7-8,13-14,16,29H,9-12,15H2,1-6H3,(H,24,25,26). The van der Waals surface area contributed by atoms with Crippen LogP contribution >= 0.6 is 0 Å². The van der Waals surface area contributed by atoms with E-state index in [1.807, 2.05) is 19.9 Å². The Balaban J connectivity index is 1.82. The van der Waals surface area contributed by atoms with Gasteiger partial charge in [0.15, 0.2) is 0 Å². The second kappa shape index (κ2) is 8.67. The third-order valence-corrected chi connectivity index (χ3v) is 5.42. The summed E-state index contributed by atoms with van der Waals surface area (Å²) in [6.45, 7) is 11.5. The zero-order valence-corrected chi connectivity index (χ0v) is 18.7. The predicted octanol–water partition coefficient (Wildman–Crippen LogP) is 3.36. The Morgan fingerprint density at radius 3 is 2.59 bits per heavy atom. The lowest BCUT2D eigenvalue weighted by atomic mass is 9.91. The van der Waals surface area contributed by atoms with Gasteiger partial charge < -0.3 is 20.2 Å². The Bertz CT molecular complexity index is 842. The van der Waals surface area contributed by atoms with E-state index in [0.29, 0.717) is 11.9 Å². The number of hydrogen-bond acceptors (Lipinski definition) is 6. The van der Waals surface area contributed by atoms with Crippen LogP contribution in [-0.2, 0) is 18.6 Å². The van der Waals surface area contributed by atoms with E-state index in [-0.39, 0.29) is 0 Å². The van der Waals surface area contributed by atoms with E-state index in [9.17, 15) is 5.11 Å². The fourth-order valence-corrected chi connectivity index (χ4v) is 3.51. The van der Waals surface area contributed by atoms with Gasteiger partial charge in [-0.1, -0.05) is 32.0 Å². The number of benzene rings is 1. The van der Waals surface area contributed by atoms with Crippen molar-refractivity contribution in [2.24, 2.45) is 0 Å². The lowest BCUT2D eigenvalue weighted by Gasteiger charge is -2.31. The highest BCUT2D eigenvalue weighted by atomic mass is 16.3. The first-order valence-electron chi connectivity index (χ1n) is 10.5. The maximum Gasteiger partial charge on any atom is 0.224 e. The van der Waals surface area contributed by atoms with Gasteiger partial charge in [0.05, 0.1) is 11.3 Å². The van der Waals surface area contributed by atoms with Crippen LogP contribution in [0.4, 0.5) is 11.8 Å². The first-order chi connectivity index (χ1) is 13.6. The van der Waals surface area contributed by atoms with Crippen LogP contribution in [0.5, 0.6) is 0 Å². The van der Waals surface area contributed by atoms with E-state index in [2.05, 4.69) is 61.3 Å². The molecule has 2 heterocycles. The summed E-state index contributed by atoms with van der Waals surface area (Å²) in [7, 11) is 4.13. The van der Waals surface area contributed by atoms with Crippen LogP contribution in [0.2, 0.25) is 0 Å². The molecule has 1 aromatic carbocycles. The maximum absolute atomic E-state index is 10.3. The van der Waals surface area contributed by atoms with Crippen molar-refractivity contribution in [1.82, 2.24) is 14.9 Å². The van der Waals surface area contributed by atoms with Gasteiger partial charge >= 0.3 is 0 Å². The molecule has 0 spiro atoms. The molecule has 2 aromatic rings. The molecule has 6 heteroatoms. The number of hydrogen-bond donors (Lipinski definition) is 2. The van der Waals surface area contributed by atoms with E-state index in [4.69, 9.17) is 9.97 Å². The molecular formula is C23H35N5O. The molecule has 1 aliphatic rings. The lowest BCUT2D eigenvalue weighted by Crippen LogP contribution is -2.32. The average molecular weight is 398 g/mol. The second-order valence-electron chi connectivity index (χ2n) is 9.07. The summed E-state index contributed by atoms with van der Waals surface area (Å²) < 4.78 is 0. The largest absolute Gasteiger partial charge is 0.386 e. The van der Waals surface area contributed by atoms with E-state index in [1.165, 1.54) is 11.1 Å². The molecule has 6 nitrogen and oxygen atoms in total. The van der Waals surface area contributed by atoms with Crippen molar-refractivity contribution in [3.05, 3.63) is 46.6 Å². The van der Waals surface area contributed by atoms with Gasteiger partial charge in [0.1, 0.15) is 5.82 Å². The lowest BCUT2D eigenvalue weighted by molar-refractivity contribution is 0.0785. The number of likely N-dealkylation sites (N-methyl/N-ethyl adjacent to an activating group) is 1. The second-order valence-corrected chi connectivity index (χ2v) is 9.07. The average Bonchev–Trinajstić information content (AvgIpc) is 2.66. The molecular weight excluding hydrogens is 362 g/mol. The predicted molar refractivity (Wildman–Crippen MR) is 120 cm³/mol. The topological polar surface area (TPSA) is 64.5 Å². The molecule has 0 saturated carbocycles. The molecule has 3 rings (SSSR count). The van der Waals surface area contributed by atoms with Gasteiger partial charge in [-0.15, -0.1) is 0 Å². The summed E-state index contributed by atoms with van der Waals surface area (Å²) in [5.74, 6) is 2.03. The van der Waals surface area contributed by atoms with Crippen LogP contribution < -0.4 is 10.2 Å². The molecule has 158 valence electrons. The van der Waals surface area contributed by atoms with Gasteiger partial charge in [-0.2, -0.15) is 4.98 Å². The van der Waals surface area contributed by atoms with Gasteiger partial charge in [0.25, 0.3) is 0 Å². The number of aromatic nitrogens is 2. The summed E-state index contributed by atoms with van der Waals surface area (Å²) in [5.41, 5.74) is 3.85. The molecule has 0 saturated heterocycles. The number of nitrogens with zero attached hydrogens (tertiary/aromatic N) is 4. The Morgan fingerprint density at radius 2 is 1.93 bits per heavy atom. The van der Waals surface area contributed by atoms with Crippen molar-refractivity contribution in [1.29, 1.82) is 0 Å². The monoisotopic (exact) mass is 397 g/mol. The van der Waals surface area contributed by atoms with Crippen LogP contribution in [0.1, 0.15) is 56.0 Å². The number of rotatable bonds is 7. The van der Waals surface area contributed by atoms with Crippen molar-refractivity contribution in [2.75, 3.05) is 43.9 Å².